The van der Waals surface area contributed by atoms with E-state index in [1.165, 1.54) is 12.1 Å². The molecule has 35 heavy (non-hydrogen) atoms. The second-order valence-corrected chi connectivity index (χ2v) is 8.94. The fourth-order valence-corrected chi connectivity index (χ4v) is 4.36. The van der Waals surface area contributed by atoms with E-state index >= 15 is 4.39 Å². The molecule has 6 rings (SSSR count). The maximum absolute atomic E-state index is 15.2. The number of pyridine rings is 2. The fourth-order valence-electron chi connectivity index (χ4n) is 4.36. The van der Waals surface area contributed by atoms with Crippen molar-refractivity contribution < 1.29 is 13.9 Å². The van der Waals surface area contributed by atoms with Gasteiger partial charge in [-0.25, -0.2) is 14.4 Å². The van der Waals surface area contributed by atoms with E-state index < -0.39 is 11.7 Å². The molecule has 2 bridgehead atoms. The van der Waals surface area contributed by atoms with Crippen LogP contribution < -0.4 is 10.1 Å². The van der Waals surface area contributed by atoms with E-state index in [0.717, 1.165) is 43.7 Å². The van der Waals surface area contributed by atoms with Gasteiger partial charge in [0.2, 0.25) is 0 Å². The van der Waals surface area contributed by atoms with Crippen molar-refractivity contribution in [1.82, 2.24) is 19.5 Å². The molecule has 0 saturated heterocycles. The predicted octanol–water partition coefficient (Wildman–Crippen LogP) is 5.45. The Morgan fingerprint density at radius 1 is 1.06 bits per heavy atom. The van der Waals surface area contributed by atoms with Gasteiger partial charge < -0.3 is 14.6 Å². The number of carbonyl (C=O) groups excluding carboxylic acids is 1. The van der Waals surface area contributed by atoms with Gasteiger partial charge in [-0.05, 0) is 49.9 Å². The molecule has 8 heteroatoms. The van der Waals surface area contributed by atoms with Crippen LogP contribution in [0.3, 0.4) is 0 Å². The second kappa shape index (κ2) is 8.94. The number of amides is 1. The molecule has 0 spiro atoms. The van der Waals surface area contributed by atoms with Gasteiger partial charge in [-0.2, -0.15) is 0 Å². The minimum Gasteiger partial charge on any atom is -0.493 e. The summed E-state index contributed by atoms with van der Waals surface area (Å²) in [6.45, 7) is 1.12. The number of benzene rings is 1. The van der Waals surface area contributed by atoms with Crippen molar-refractivity contribution in [3.05, 3.63) is 78.1 Å². The number of aromatic nitrogens is 4. The lowest BCUT2D eigenvalue weighted by Gasteiger charge is -2.16. The number of hydrogen-bond donors (Lipinski definition) is 1. The van der Waals surface area contributed by atoms with E-state index in [0.29, 0.717) is 35.2 Å². The Kier molecular flexibility index (Phi) is 5.48. The summed E-state index contributed by atoms with van der Waals surface area (Å²) in [5.41, 5.74) is 2.87. The summed E-state index contributed by atoms with van der Waals surface area (Å²) in [6.07, 6.45) is 9.19. The van der Waals surface area contributed by atoms with Crippen LogP contribution in [0.2, 0.25) is 0 Å². The molecule has 0 atom stereocenters. The van der Waals surface area contributed by atoms with Gasteiger partial charge in [0.1, 0.15) is 23.1 Å². The van der Waals surface area contributed by atoms with Crippen molar-refractivity contribution in [2.45, 2.75) is 38.1 Å². The summed E-state index contributed by atoms with van der Waals surface area (Å²) in [5, 5.41) is 2.84. The molecule has 7 nitrogen and oxygen atoms in total. The summed E-state index contributed by atoms with van der Waals surface area (Å²) in [4.78, 5) is 26.9. The van der Waals surface area contributed by atoms with Gasteiger partial charge >= 0.3 is 0 Å². The van der Waals surface area contributed by atoms with E-state index in [2.05, 4.69) is 20.3 Å². The molecule has 4 aromatic rings. The Balaban J connectivity index is 1.38. The third-order valence-corrected chi connectivity index (χ3v) is 6.39. The highest BCUT2D eigenvalue weighted by Crippen LogP contribution is 2.39. The first-order valence-corrected chi connectivity index (χ1v) is 11.9. The van der Waals surface area contributed by atoms with E-state index in [9.17, 15) is 4.79 Å². The van der Waals surface area contributed by atoms with Gasteiger partial charge in [-0.1, -0.05) is 12.1 Å². The van der Waals surface area contributed by atoms with Crippen molar-refractivity contribution in [1.29, 1.82) is 0 Å². The lowest BCUT2D eigenvalue weighted by atomic mass is 10.0. The summed E-state index contributed by atoms with van der Waals surface area (Å²) in [6, 6.07) is 12.0. The summed E-state index contributed by atoms with van der Waals surface area (Å²) >= 11 is 0. The van der Waals surface area contributed by atoms with Crippen LogP contribution in [-0.2, 0) is 6.54 Å². The Labute approximate surface area is 202 Å². The van der Waals surface area contributed by atoms with Crippen LogP contribution in [0.25, 0.3) is 22.6 Å². The molecule has 2 aliphatic rings. The average molecular weight is 470 g/mol. The topological polar surface area (TPSA) is 81.9 Å². The Hall–Kier alpha value is -4.07. The Morgan fingerprint density at radius 3 is 2.80 bits per heavy atom. The highest BCUT2D eigenvalue weighted by molar-refractivity contribution is 6.06. The van der Waals surface area contributed by atoms with Crippen LogP contribution in [0, 0.1) is 5.82 Å². The van der Waals surface area contributed by atoms with Crippen LogP contribution in [0.1, 0.15) is 47.7 Å². The van der Waals surface area contributed by atoms with Crippen molar-refractivity contribution in [3.8, 4) is 28.4 Å². The van der Waals surface area contributed by atoms with Crippen LogP contribution >= 0.6 is 0 Å². The van der Waals surface area contributed by atoms with Crippen LogP contribution in [0.5, 0.6) is 5.75 Å². The molecule has 1 amide bonds. The Morgan fingerprint density at radius 2 is 1.97 bits per heavy atom. The molecule has 3 aromatic heterocycles. The number of nitrogens with zero attached hydrogens (tertiary/aromatic N) is 4. The summed E-state index contributed by atoms with van der Waals surface area (Å²) in [7, 11) is 0. The number of aryl methyl sites for hydroxylation is 1. The zero-order valence-electron chi connectivity index (χ0n) is 19.1. The molecule has 1 aliphatic carbocycles. The number of fused-ring (bicyclic) bond motifs is 5. The van der Waals surface area contributed by atoms with Gasteiger partial charge in [0, 0.05) is 53.9 Å². The number of hydrogen-bond acceptors (Lipinski definition) is 5. The fraction of sp³-hybridized carbons (Fsp3) is 0.259. The van der Waals surface area contributed by atoms with Crippen molar-refractivity contribution in [2.75, 3.05) is 11.9 Å². The third-order valence-electron chi connectivity index (χ3n) is 6.39. The smallest absolute Gasteiger partial charge is 0.260 e. The molecule has 176 valence electrons. The number of halogens is 1. The number of ether oxygens (including phenoxy) is 1. The molecular weight excluding hydrogens is 445 g/mol. The SMILES string of the molecule is O=C1Nc2cccc(n2)-c2nccn2CCCCOc2cc(F)c(-c3ccc(C4CC4)nc3)cc21. The molecule has 0 radical (unpaired) electrons. The predicted molar refractivity (Wildman–Crippen MR) is 130 cm³/mol. The van der Waals surface area contributed by atoms with E-state index in [-0.39, 0.29) is 11.3 Å². The molecular formula is C27H24FN5O2. The lowest BCUT2D eigenvalue weighted by Crippen LogP contribution is -2.16. The molecule has 4 heterocycles. The monoisotopic (exact) mass is 469 g/mol. The minimum absolute atomic E-state index is 0.211. The lowest BCUT2D eigenvalue weighted by molar-refractivity contribution is 0.102. The van der Waals surface area contributed by atoms with Gasteiger partial charge in [-0.15, -0.1) is 0 Å². The van der Waals surface area contributed by atoms with Gasteiger partial charge in [-0.3, -0.25) is 9.78 Å². The first-order valence-electron chi connectivity index (χ1n) is 11.9. The number of rotatable bonds is 2. The van der Waals surface area contributed by atoms with Gasteiger partial charge in [0.15, 0.2) is 5.82 Å². The number of carbonyl (C=O) groups is 1. The molecule has 1 aromatic carbocycles. The molecule has 1 aliphatic heterocycles. The highest BCUT2D eigenvalue weighted by atomic mass is 19.1. The number of anilines is 1. The molecule has 0 unspecified atom stereocenters. The third kappa shape index (κ3) is 4.39. The quantitative estimate of drug-likeness (QED) is 0.422. The number of imidazole rings is 1. The number of nitrogens with one attached hydrogen (secondary N) is 1. The van der Waals surface area contributed by atoms with E-state index in [1.54, 1.807) is 18.5 Å². The Bertz CT molecular complexity index is 1400. The van der Waals surface area contributed by atoms with Gasteiger partial charge in [0.25, 0.3) is 5.91 Å². The van der Waals surface area contributed by atoms with Crippen LogP contribution in [0.4, 0.5) is 10.2 Å². The zero-order valence-corrected chi connectivity index (χ0v) is 19.1. The average Bonchev–Trinajstić information content (AvgIpc) is 3.61. The normalized spacial score (nSPS) is 15.9. The van der Waals surface area contributed by atoms with E-state index in [1.807, 2.05) is 35.0 Å². The molecule has 1 fully saturated rings. The molecule has 1 saturated carbocycles. The van der Waals surface area contributed by atoms with Crippen molar-refractivity contribution in [3.63, 3.8) is 0 Å². The summed E-state index contributed by atoms with van der Waals surface area (Å²) < 4.78 is 23.1. The largest absolute Gasteiger partial charge is 0.493 e. The van der Waals surface area contributed by atoms with Crippen LogP contribution in [-0.4, -0.2) is 32.0 Å². The first kappa shape index (κ1) is 21.5. The second-order valence-electron chi connectivity index (χ2n) is 8.94. The standard InChI is InChI=1S/C27H24FN5O2/c28-21-15-24-20(14-19(21)18-8-9-22(30-16-18)17-6-7-17)27(34)32-25-5-3-4-23(31-25)26-29-10-12-33(26)11-1-2-13-35-24/h3-5,8-10,12,14-17H,1-2,6-7,11,13H2,(H,31,32,34). The van der Waals surface area contributed by atoms with Crippen molar-refractivity contribution >= 4 is 11.7 Å². The minimum atomic E-state index is -0.457. The maximum atomic E-state index is 15.2. The maximum Gasteiger partial charge on any atom is 0.260 e. The van der Waals surface area contributed by atoms with Crippen molar-refractivity contribution in [2.24, 2.45) is 0 Å². The molecule has 1 N–H and O–H groups in total. The highest BCUT2D eigenvalue weighted by Gasteiger charge is 2.25. The van der Waals surface area contributed by atoms with Gasteiger partial charge in [0.05, 0.1) is 12.2 Å². The zero-order chi connectivity index (χ0) is 23.8. The van der Waals surface area contributed by atoms with Crippen LogP contribution in [0.15, 0.2) is 61.1 Å². The van der Waals surface area contributed by atoms with E-state index in [4.69, 9.17) is 4.74 Å². The summed E-state index contributed by atoms with van der Waals surface area (Å²) in [5.74, 6) is 0.968. The first-order chi connectivity index (χ1) is 17.2.